The zero-order valence-electron chi connectivity index (χ0n) is 8.97. The number of benzene rings is 1. The van der Waals surface area contributed by atoms with Gasteiger partial charge in [0.25, 0.3) is 7.59 Å². The van der Waals surface area contributed by atoms with E-state index in [0.29, 0.717) is 6.54 Å². The zero-order valence-corrected chi connectivity index (χ0v) is 9.86. The van der Waals surface area contributed by atoms with Crippen LogP contribution >= 0.6 is 7.59 Å². The normalized spacial score (nSPS) is 12.0. The lowest BCUT2D eigenvalue weighted by atomic mass is 10.1. The lowest BCUT2D eigenvalue weighted by molar-refractivity contribution is 0.460. The van der Waals surface area contributed by atoms with Gasteiger partial charge in [-0.25, -0.2) is 4.67 Å². The van der Waals surface area contributed by atoms with Crippen LogP contribution in [0.15, 0.2) is 30.3 Å². The van der Waals surface area contributed by atoms with Gasteiger partial charge in [-0.3, -0.25) is 15.6 Å². The molecule has 4 N–H and O–H groups in total. The maximum Gasteiger partial charge on any atom is 0.276 e. The molecule has 0 saturated carbocycles. The molecule has 0 aliphatic heterocycles. The highest BCUT2D eigenvalue weighted by Crippen LogP contribution is 2.29. The van der Waals surface area contributed by atoms with E-state index in [4.69, 9.17) is 11.0 Å². The van der Waals surface area contributed by atoms with Crippen molar-refractivity contribution in [2.24, 2.45) is 11.0 Å². The minimum absolute atomic E-state index is 0.652. The second kappa shape index (κ2) is 5.42. The Labute approximate surface area is 90.8 Å². The van der Waals surface area contributed by atoms with Crippen LogP contribution in [0.25, 0.3) is 0 Å². The van der Waals surface area contributed by atoms with Gasteiger partial charge < -0.3 is 0 Å². The smallest absolute Gasteiger partial charge is 0.271 e. The molecule has 0 unspecified atom stereocenters. The minimum atomic E-state index is -3.04. The van der Waals surface area contributed by atoms with Crippen LogP contribution in [0.4, 0.5) is 0 Å². The number of nitrogens with two attached hydrogens (primary N) is 2. The Balaban J connectivity index is 2.31. The Kier molecular flexibility index (Phi) is 4.48. The molecule has 0 heterocycles. The SMILES string of the molecule is CN(CCCc1ccccc1)P(N)(N)=O. The van der Waals surface area contributed by atoms with Crippen LogP contribution in [0, 0.1) is 0 Å². The molecule has 5 heteroatoms. The van der Waals surface area contributed by atoms with Gasteiger partial charge in [0.2, 0.25) is 0 Å². The summed E-state index contributed by atoms with van der Waals surface area (Å²) in [6.07, 6.45) is 1.85. The lowest BCUT2D eigenvalue weighted by Crippen LogP contribution is -2.26. The molecule has 1 aromatic rings. The summed E-state index contributed by atoms with van der Waals surface area (Å²) in [5.41, 5.74) is 11.9. The fourth-order valence-electron chi connectivity index (χ4n) is 1.31. The number of rotatable bonds is 5. The number of aryl methyl sites for hydroxylation is 1. The van der Waals surface area contributed by atoms with Crippen molar-refractivity contribution in [3.8, 4) is 0 Å². The molecule has 0 radical (unpaired) electrons. The predicted octanol–water partition coefficient (Wildman–Crippen LogP) is 1.58. The van der Waals surface area contributed by atoms with Crippen molar-refractivity contribution in [3.05, 3.63) is 35.9 Å². The van der Waals surface area contributed by atoms with Crippen LogP contribution in [-0.2, 0) is 11.0 Å². The standard InChI is InChI=1S/C10H18N3OP/c1-13(15(11,12)14)9-5-8-10-6-3-2-4-7-10/h2-4,6-7H,5,8-9H2,1H3,(H4,11,12,14). The van der Waals surface area contributed by atoms with Crippen molar-refractivity contribution in [2.45, 2.75) is 12.8 Å². The molecule has 0 aliphatic rings. The Morgan fingerprint density at radius 2 is 1.87 bits per heavy atom. The summed E-state index contributed by atoms with van der Waals surface area (Å²) in [5, 5.41) is 0. The Hall–Kier alpha value is -0.670. The zero-order chi connectivity index (χ0) is 11.3. The lowest BCUT2D eigenvalue weighted by Gasteiger charge is -2.19. The Bertz CT molecular complexity index is 336. The fourth-order valence-corrected chi connectivity index (χ4v) is 1.77. The molecule has 4 nitrogen and oxygen atoms in total. The average Bonchev–Trinajstić information content (AvgIpc) is 2.18. The second-order valence-electron chi connectivity index (χ2n) is 3.64. The monoisotopic (exact) mass is 227 g/mol. The average molecular weight is 227 g/mol. The molecule has 0 aromatic heterocycles. The van der Waals surface area contributed by atoms with Crippen molar-refractivity contribution in [3.63, 3.8) is 0 Å². The van der Waals surface area contributed by atoms with Crippen LogP contribution in [-0.4, -0.2) is 18.3 Å². The van der Waals surface area contributed by atoms with Crippen molar-refractivity contribution < 1.29 is 4.57 Å². The van der Waals surface area contributed by atoms with E-state index in [1.165, 1.54) is 10.2 Å². The summed E-state index contributed by atoms with van der Waals surface area (Å²) in [4.78, 5) is 0. The van der Waals surface area contributed by atoms with Gasteiger partial charge >= 0.3 is 0 Å². The van der Waals surface area contributed by atoms with Crippen LogP contribution in [0.1, 0.15) is 12.0 Å². The number of nitrogens with zero attached hydrogens (tertiary/aromatic N) is 1. The van der Waals surface area contributed by atoms with E-state index in [1.807, 2.05) is 18.2 Å². The summed E-state index contributed by atoms with van der Waals surface area (Å²) >= 11 is 0. The molecular weight excluding hydrogens is 209 g/mol. The van der Waals surface area contributed by atoms with Crippen LogP contribution in [0.3, 0.4) is 0 Å². The van der Waals surface area contributed by atoms with E-state index in [2.05, 4.69) is 12.1 Å². The Morgan fingerprint density at radius 3 is 2.40 bits per heavy atom. The summed E-state index contributed by atoms with van der Waals surface area (Å²) in [6, 6.07) is 10.2. The first-order chi connectivity index (χ1) is 7.00. The van der Waals surface area contributed by atoms with Gasteiger partial charge in [-0.1, -0.05) is 30.3 Å². The Morgan fingerprint density at radius 1 is 1.27 bits per heavy atom. The first kappa shape index (κ1) is 12.4. The molecule has 0 bridgehead atoms. The van der Waals surface area contributed by atoms with E-state index in [-0.39, 0.29) is 0 Å². The molecule has 1 rings (SSSR count). The second-order valence-corrected chi connectivity index (χ2v) is 5.67. The van der Waals surface area contributed by atoms with Crippen molar-refractivity contribution in [1.29, 1.82) is 0 Å². The molecule has 0 amide bonds. The minimum Gasteiger partial charge on any atom is -0.271 e. The molecule has 0 spiro atoms. The molecule has 0 fully saturated rings. The summed E-state index contributed by atoms with van der Waals surface area (Å²) in [7, 11) is -1.36. The number of hydrogen-bond donors (Lipinski definition) is 2. The molecular formula is C10H18N3OP. The van der Waals surface area contributed by atoms with Gasteiger partial charge in [-0.05, 0) is 25.5 Å². The van der Waals surface area contributed by atoms with Gasteiger partial charge in [0.15, 0.2) is 0 Å². The predicted molar refractivity (Wildman–Crippen MR) is 63.4 cm³/mol. The quantitative estimate of drug-likeness (QED) is 0.749. The van der Waals surface area contributed by atoms with Gasteiger partial charge in [-0.15, -0.1) is 0 Å². The maximum absolute atomic E-state index is 11.2. The van der Waals surface area contributed by atoms with Crippen molar-refractivity contribution in [1.82, 2.24) is 4.67 Å². The first-order valence-electron chi connectivity index (χ1n) is 4.93. The fraction of sp³-hybridized carbons (Fsp3) is 0.400. The number of hydrogen-bond acceptors (Lipinski definition) is 1. The van der Waals surface area contributed by atoms with Gasteiger partial charge in [-0.2, -0.15) is 0 Å². The molecule has 15 heavy (non-hydrogen) atoms. The highest BCUT2D eigenvalue weighted by atomic mass is 31.2. The third kappa shape index (κ3) is 4.58. The van der Waals surface area contributed by atoms with Crippen LogP contribution < -0.4 is 11.0 Å². The van der Waals surface area contributed by atoms with E-state index < -0.39 is 7.59 Å². The van der Waals surface area contributed by atoms with Crippen molar-refractivity contribution in [2.75, 3.05) is 13.6 Å². The summed E-state index contributed by atoms with van der Waals surface area (Å²) < 4.78 is 12.8. The first-order valence-corrected chi connectivity index (χ1v) is 6.72. The topological polar surface area (TPSA) is 72.3 Å². The van der Waals surface area contributed by atoms with E-state index >= 15 is 0 Å². The van der Waals surface area contributed by atoms with E-state index in [1.54, 1.807) is 7.05 Å². The third-order valence-electron chi connectivity index (χ3n) is 2.32. The largest absolute Gasteiger partial charge is 0.276 e. The summed E-state index contributed by atoms with van der Waals surface area (Å²) in [5.74, 6) is 0. The van der Waals surface area contributed by atoms with E-state index in [9.17, 15) is 4.57 Å². The van der Waals surface area contributed by atoms with Gasteiger partial charge in [0, 0.05) is 6.54 Å². The third-order valence-corrected chi connectivity index (χ3v) is 3.59. The van der Waals surface area contributed by atoms with Crippen molar-refractivity contribution >= 4 is 7.59 Å². The van der Waals surface area contributed by atoms with E-state index in [0.717, 1.165) is 12.8 Å². The molecule has 0 saturated heterocycles. The van der Waals surface area contributed by atoms with Gasteiger partial charge in [0.05, 0.1) is 0 Å². The van der Waals surface area contributed by atoms with Crippen LogP contribution in [0.2, 0.25) is 0 Å². The molecule has 0 atom stereocenters. The highest BCUT2D eigenvalue weighted by molar-refractivity contribution is 7.56. The maximum atomic E-state index is 11.2. The molecule has 1 aromatic carbocycles. The summed E-state index contributed by atoms with van der Waals surface area (Å²) in [6.45, 7) is 0.652. The highest BCUT2D eigenvalue weighted by Gasteiger charge is 2.14. The molecule has 84 valence electrons. The van der Waals surface area contributed by atoms with Gasteiger partial charge in [0.1, 0.15) is 0 Å². The molecule has 0 aliphatic carbocycles. The van der Waals surface area contributed by atoms with Crippen LogP contribution in [0.5, 0.6) is 0 Å².